The minimum atomic E-state index is -0.0104. The minimum Gasteiger partial charge on any atom is -0.511 e. The van der Waals surface area contributed by atoms with Crippen LogP contribution in [0.15, 0.2) is 11.3 Å². The van der Waals surface area contributed by atoms with Crippen LogP contribution in [0.5, 0.6) is 0 Å². The van der Waals surface area contributed by atoms with E-state index in [9.17, 15) is 5.11 Å². The Labute approximate surface area is 66.3 Å². The number of aliphatic hydroxyl groups is 1. The van der Waals surface area contributed by atoms with Gasteiger partial charge in [0.2, 0.25) is 0 Å². The van der Waals surface area contributed by atoms with Crippen molar-refractivity contribution in [1.82, 2.24) is 5.32 Å². The molecule has 2 N–H and O–H groups in total. The van der Waals surface area contributed by atoms with E-state index in [1.54, 1.807) is 0 Å². The first-order valence-corrected chi connectivity index (χ1v) is 3.73. The molecule has 0 saturated carbocycles. The summed E-state index contributed by atoms with van der Waals surface area (Å²) in [4.78, 5) is 0. The smallest absolute Gasteiger partial charge is 0.109 e. The van der Waals surface area contributed by atoms with Crippen LogP contribution in [-0.2, 0) is 0 Å². The number of nitriles is 1. The molecule has 0 aromatic carbocycles. The Hall–Kier alpha value is -1.01. The van der Waals surface area contributed by atoms with E-state index in [4.69, 9.17) is 5.26 Å². The molecule has 3 heteroatoms. The summed E-state index contributed by atoms with van der Waals surface area (Å²) in [7, 11) is 0. The molecule has 1 heterocycles. The van der Waals surface area contributed by atoms with Gasteiger partial charge in [-0.2, -0.15) is 5.26 Å². The number of nitrogens with one attached hydrogen (secondary N) is 1. The van der Waals surface area contributed by atoms with Gasteiger partial charge in [-0.1, -0.05) is 0 Å². The monoisotopic (exact) mass is 152 g/mol. The molecule has 0 amide bonds. The first kappa shape index (κ1) is 8.09. The van der Waals surface area contributed by atoms with Crippen molar-refractivity contribution in [3.05, 3.63) is 11.3 Å². The normalized spacial score (nSPS) is 31.7. The Kier molecular flexibility index (Phi) is 2.16. The summed E-state index contributed by atoms with van der Waals surface area (Å²) in [5.74, 6) is 0.242. The molecule has 60 valence electrons. The van der Waals surface area contributed by atoms with Crippen molar-refractivity contribution < 1.29 is 5.11 Å². The van der Waals surface area contributed by atoms with Crippen LogP contribution in [0, 0.1) is 11.3 Å². The summed E-state index contributed by atoms with van der Waals surface area (Å²) >= 11 is 0. The lowest BCUT2D eigenvalue weighted by Gasteiger charge is -2.25. The van der Waals surface area contributed by atoms with Gasteiger partial charge < -0.3 is 10.4 Å². The van der Waals surface area contributed by atoms with E-state index in [-0.39, 0.29) is 17.8 Å². The molecule has 0 saturated heterocycles. The lowest BCUT2D eigenvalue weighted by Crippen LogP contribution is -2.40. The summed E-state index contributed by atoms with van der Waals surface area (Å²) in [5, 5.41) is 21.1. The molecule has 0 spiro atoms. The highest BCUT2D eigenvalue weighted by molar-refractivity contribution is 5.31. The van der Waals surface area contributed by atoms with Crippen LogP contribution in [0.25, 0.3) is 0 Å². The maximum Gasteiger partial charge on any atom is 0.109 e. The van der Waals surface area contributed by atoms with Crippen molar-refractivity contribution >= 4 is 0 Å². The summed E-state index contributed by atoms with van der Waals surface area (Å²) in [6, 6.07) is 2.25. The Morgan fingerprint density at radius 2 is 2.27 bits per heavy atom. The van der Waals surface area contributed by atoms with Crippen LogP contribution < -0.4 is 5.32 Å². The van der Waals surface area contributed by atoms with E-state index in [1.165, 1.54) is 0 Å². The maximum atomic E-state index is 9.33. The molecule has 0 fully saturated rings. The SMILES string of the molecule is CC1CC(O)=C(C#N)[C@H](C)N1. The van der Waals surface area contributed by atoms with Gasteiger partial charge >= 0.3 is 0 Å². The van der Waals surface area contributed by atoms with Crippen LogP contribution in [-0.4, -0.2) is 17.2 Å². The molecule has 1 rings (SSSR count). The molecule has 1 unspecified atom stereocenters. The summed E-state index contributed by atoms with van der Waals surface area (Å²) in [5.41, 5.74) is 0.475. The van der Waals surface area contributed by atoms with E-state index in [1.807, 2.05) is 19.9 Å². The number of nitrogens with zero attached hydrogens (tertiary/aromatic N) is 1. The van der Waals surface area contributed by atoms with Gasteiger partial charge in [0.15, 0.2) is 0 Å². The molecule has 11 heavy (non-hydrogen) atoms. The molecule has 2 atom stereocenters. The van der Waals surface area contributed by atoms with E-state index >= 15 is 0 Å². The third kappa shape index (κ3) is 1.52. The Morgan fingerprint density at radius 1 is 1.64 bits per heavy atom. The van der Waals surface area contributed by atoms with Gasteiger partial charge in [0, 0.05) is 18.5 Å². The molecule has 0 aromatic rings. The largest absolute Gasteiger partial charge is 0.511 e. The fourth-order valence-corrected chi connectivity index (χ4v) is 1.38. The van der Waals surface area contributed by atoms with Crippen molar-refractivity contribution in [3.63, 3.8) is 0 Å². The van der Waals surface area contributed by atoms with Gasteiger partial charge in [-0.25, -0.2) is 0 Å². The maximum absolute atomic E-state index is 9.33. The molecular weight excluding hydrogens is 140 g/mol. The van der Waals surface area contributed by atoms with Crippen molar-refractivity contribution in [2.45, 2.75) is 32.4 Å². The van der Waals surface area contributed by atoms with Gasteiger partial charge in [-0.15, -0.1) is 0 Å². The zero-order chi connectivity index (χ0) is 8.43. The molecule has 0 aliphatic carbocycles. The molecular formula is C8H12N2O. The number of aliphatic hydroxyl groups excluding tert-OH is 1. The number of rotatable bonds is 0. The Bertz CT molecular complexity index is 227. The molecule has 3 nitrogen and oxygen atoms in total. The third-order valence-corrected chi connectivity index (χ3v) is 1.90. The van der Waals surface area contributed by atoms with Crippen LogP contribution in [0.1, 0.15) is 20.3 Å². The van der Waals surface area contributed by atoms with Gasteiger partial charge in [0.1, 0.15) is 5.76 Å². The minimum absolute atomic E-state index is 0.0104. The molecule has 1 aliphatic rings. The van der Waals surface area contributed by atoms with Crippen molar-refractivity contribution in [3.8, 4) is 6.07 Å². The molecule has 0 aromatic heterocycles. The zero-order valence-electron chi connectivity index (χ0n) is 6.76. The van der Waals surface area contributed by atoms with Crippen molar-refractivity contribution in [2.75, 3.05) is 0 Å². The second-order valence-electron chi connectivity index (χ2n) is 2.97. The first-order valence-electron chi connectivity index (χ1n) is 3.73. The van der Waals surface area contributed by atoms with Crippen LogP contribution >= 0.6 is 0 Å². The first-order chi connectivity index (χ1) is 5.15. The van der Waals surface area contributed by atoms with Gasteiger partial charge in [-0.05, 0) is 13.8 Å². The van der Waals surface area contributed by atoms with E-state index in [2.05, 4.69) is 5.32 Å². The molecule has 1 aliphatic heterocycles. The summed E-state index contributed by atoms with van der Waals surface area (Å²) < 4.78 is 0. The topological polar surface area (TPSA) is 56.0 Å². The Morgan fingerprint density at radius 3 is 2.73 bits per heavy atom. The average Bonchev–Trinajstić information content (AvgIpc) is 1.85. The average molecular weight is 152 g/mol. The van der Waals surface area contributed by atoms with Crippen LogP contribution in [0.4, 0.5) is 0 Å². The van der Waals surface area contributed by atoms with Crippen molar-refractivity contribution in [2.24, 2.45) is 0 Å². The van der Waals surface area contributed by atoms with Crippen molar-refractivity contribution in [1.29, 1.82) is 5.26 Å². The fraction of sp³-hybridized carbons (Fsp3) is 0.625. The zero-order valence-corrected chi connectivity index (χ0v) is 6.76. The quantitative estimate of drug-likeness (QED) is 0.546. The second-order valence-corrected chi connectivity index (χ2v) is 2.97. The molecule has 0 bridgehead atoms. The lowest BCUT2D eigenvalue weighted by atomic mass is 9.99. The molecule has 0 radical (unpaired) electrons. The highest BCUT2D eigenvalue weighted by atomic mass is 16.3. The predicted molar refractivity (Wildman–Crippen MR) is 41.9 cm³/mol. The highest BCUT2D eigenvalue weighted by Gasteiger charge is 2.22. The second kappa shape index (κ2) is 2.93. The van der Waals surface area contributed by atoms with Gasteiger partial charge in [-0.3, -0.25) is 0 Å². The van der Waals surface area contributed by atoms with E-state index in [0.717, 1.165) is 0 Å². The van der Waals surface area contributed by atoms with Crippen LogP contribution in [0.3, 0.4) is 0 Å². The lowest BCUT2D eigenvalue weighted by molar-refractivity contribution is 0.324. The highest BCUT2D eigenvalue weighted by Crippen LogP contribution is 2.17. The summed E-state index contributed by atoms with van der Waals surface area (Å²) in [6.07, 6.45) is 0.563. The van der Waals surface area contributed by atoms with E-state index in [0.29, 0.717) is 12.0 Å². The van der Waals surface area contributed by atoms with Gasteiger partial charge in [0.05, 0.1) is 11.6 Å². The number of hydrogen-bond acceptors (Lipinski definition) is 3. The predicted octanol–water partition coefficient (Wildman–Crippen LogP) is 1.09. The standard InChI is InChI=1S/C8H12N2O/c1-5-3-8(11)7(4-9)6(2)10-5/h5-6,10-11H,3H2,1-2H3/t5?,6-/m0/s1. The third-order valence-electron chi connectivity index (χ3n) is 1.90. The van der Waals surface area contributed by atoms with E-state index < -0.39 is 0 Å². The Balaban J connectivity index is 2.88. The number of hydrogen-bond donors (Lipinski definition) is 2. The summed E-state index contributed by atoms with van der Waals surface area (Å²) in [6.45, 7) is 3.87. The van der Waals surface area contributed by atoms with Gasteiger partial charge in [0.25, 0.3) is 0 Å². The van der Waals surface area contributed by atoms with Crippen LogP contribution in [0.2, 0.25) is 0 Å². The fourth-order valence-electron chi connectivity index (χ4n) is 1.38.